The number of ether oxygens (including phenoxy) is 1. The van der Waals surface area contributed by atoms with Gasteiger partial charge in [-0.25, -0.2) is 0 Å². The molecule has 0 amide bonds. The Hall–Kier alpha value is -1.23. The number of nitrogens with one attached hydrogen (secondary N) is 1. The first-order valence-corrected chi connectivity index (χ1v) is 7.09. The Kier molecular flexibility index (Phi) is 3.63. The van der Waals surface area contributed by atoms with E-state index in [0.29, 0.717) is 19.1 Å². The second-order valence-corrected chi connectivity index (χ2v) is 5.57. The van der Waals surface area contributed by atoms with Gasteiger partial charge in [0, 0.05) is 25.4 Å². The van der Waals surface area contributed by atoms with Crippen molar-refractivity contribution in [1.29, 1.82) is 0 Å². The molecule has 0 aliphatic carbocycles. The van der Waals surface area contributed by atoms with Crippen molar-refractivity contribution in [2.75, 3.05) is 25.1 Å². The molecule has 2 unspecified atom stereocenters. The van der Waals surface area contributed by atoms with Crippen molar-refractivity contribution in [3.63, 3.8) is 0 Å². The predicted molar refractivity (Wildman–Crippen MR) is 70.8 cm³/mol. The van der Waals surface area contributed by atoms with Gasteiger partial charge >= 0.3 is 6.18 Å². The Morgan fingerprint density at radius 1 is 1.20 bits per heavy atom. The SMILES string of the molecule is FC(F)(F)c1cccc2c1NCCC2C1CCCOC1. The van der Waals surface area contributed by atoms with Gasteiger partial charge < -0.3 is 10.1 Å². The first-order chi connectivity index (χ1) is 9.57. The van der Waals surface area contributed by atoms with E-state index in [1.54, 1.807) is 0 Å². The van der Waals surface area contributed by atoms with Gasteiger partial charge in [-0.2, -0.15) is 13.2 Å². The van der Waals surface area contributed by atoms with Gasteiger partial charge in [0.25, 0.3) is 0 Å². The number of alkyl halides is 3. The lowest BCUT2D eigenvalue weighted by Crippen LogP contribution is -2.29. The van der Waals surface area contributed by atoms with Crippen molar-refractivity contribution >= 4 is 5.69 Å². The van der Waals surface area contributed by atoms with Crippen molar-refractivity contribution in [3.05, 3.63) is 29.3 Å². The van der Waals surface area contributed by atoms with Crippen LogP contribution in [-0.4, -0.2) is 19.8 Å². The molecule has 0 spiro atoms. The highest BCUT2D eigenvalue weighted by atomic mass is 19.4. The Labute approximate surface area is 116 Å². The highest BCUT2D eigenvalue weighted by Gasteiger charge is 2.38. The maximum atomic E-state index is 13.1. The molecule has 2 nitrogen and oxygen atoms in total. The van der Waals surface area contributed by atoms with Crippen LogP contribution in [0.2, 0.25) is 0 Å². The van der Waals surface area contributed by atoms with Crippen molar-refractivity contribution < 1.29 is 17.9 Å². The van der Waals surface area contributed by atoms with Crippen LogP contribution in [0.4, 0.5) is 18.9 Å². The summed E-state index contributed by atoms with van der Waals surface area (Å²) in [6.45, 7) is 2.04. The van der Waals surface area contributed by atoms with Crippen LogP contribution >= 0.6 is 0 Å². The minimum absolute atomic E-state index is 0.175. The van der Waals surface area contributed by atoms with E-state index in [2.05, 4.69) is 5.32 Å². The molecule has 20 heavy (non-hydrogen) atoms. The molecular weight excluding hydrogens is 267 g/mol. The van der Waals surface area contributed by atoms with E-state index in [-0.39, 0.29) is 11.6 Å². The predicted octanol–water partition coefficient (Wildman–Crippen LogP) is 4.03. The highest BCUT2D eigenvalue weighted by molar-refractivity contribution is 5.61. The molecule has 110 valence electrons. The van der Waals surface area contributed by atoms with E-state index < -0.39 is 11.7 Å². The summed E-state index contributed by atoms with van der Waals surface area (Å²) in [6, 6.07) is 4.51. The summed E-state index contributed by atoms with van der Waals surface area (Å²) in [5.74, 6) is 0.516. The van der Waals surface area contributed by atoms with Crippen LogP contribution < -0.4 is 5.32 Å². The normalized spacial score (nSPS) is 26.8. The van der Waals surface area contributed by atoms with Gasteiger partial charge in [0.2, 0.25) is 0 Å². The molecule has 3 rings (SSSR count). The third-order valence-corrected chi connectivity index (χ3v) is 4.32. The highest BCUT2D eigenvalue weighted by Crippen LogP contribution is 2.45. The lowest BCUT2D eigenvalue weighted by molar-refractivity contribution is -0.137. The van der Waals surface area contributed by atoms with Crippen LogP contribution in [0.3, 0.4) is 0 Å². The average Bonchev–Trinajstić information content (AvgIpc) is 2.46. The molecule has 1 aromatic carbocycles. The number of hydrogen-bond acceptors (Lipinski definition) is 2. The van der Waals surface area contributed by atoms with Gasteiger partial charge in [0.1, 0.15) is 0 Å². The molecule has 0 saturated carbocycles. The van der Waals surface area contributed by atoms with E-state index in [4.69, 9.17) is 4.74 Å². The van der Waals surface area contributed by atoms with E-state index >= 15 is 0 Å². The van der Waals surface area contributed by atoms with Gasteiger partial charge in [-0.05, 0) is 42.7 Å². The second-order valence-electron chi connectivity index (χ2n) is 5.57. The quantitative estimate of drug-likeness (QED) is 0.841. The molecule has 0 radical (unpaired) electrons. The lowest BCUT2D eigenvalue weighted by Gasteiger charge is -2.36. The lowest BCUT2D eigenvalue weighted by atomic mass is 9.77. The molecule has 1 aromatic rings. The average molecular weight is 285 g/mol. The number of halogens is 3. The first kappa shape index (κ1) is 13.7. The minimum atomic E-state index is -4.30. The van der Waals surface area contributed by atoms with E-state index in [1.165, 1.54) is 6.07 Å². The molecule has 2 heterocycles. The van der Waals surface area contributed by atoms with E-state index in [0.717, 1.165) is 37.5 Å². The number of anilines is 1. The zero-order valence-electron chi connectivity index (χ0n) is 11.2. The summed E-state index contributed by atoms with van der Waals surface area (Å²) in [6.07, 6.45) is -1.38. The van der Waals surface area contributed by atoms with Crippen molar-refractivity contribution in [2.45, 2.75) is 31.4 Å². The molecule has 2 aliphatic heterocycles. The van der Waals surface area contributed by atoms with Crippen LogP contribution in [0, 0.1) is 5.92 Å². The fraction of sp³-hybridized carbons (Fsp3) is 0.600. The van der Waals surface area contributed by atoms with Crippen LogP contribution in [0.1, 0.15) is 36.3 Å². The van der Waals surface area contributed by atoms with Crippen LogP contribution in [-0.2, 0) is 10.9 Å². The Bertz CT molecular complexity index is 480. The summed E-state index contributed by atoms with van der Waals surface area (Å²) >= 11 is 0. The third-order valence-electron chi connectivity index (χ3n) is 4.32. The summed E-state index contributed by atoms with van der Waals surface area (Å²) in [5, 5.41) is 2.95. The van der Waals surface area contributed by atoms with Gasteiger partial charge in [0.15, 0.2) is 0 Å². The zero-order chi connectivity index (χ0) is 14.2. The van der Waals surface area contributed by atoms with Crippen LogP contribution in [0.15, 0.2) is 18.2 Å². The van der Waals surface area contributed by atoms with Crippen LogP contribution in [0.25, 0.3) is 0 Å². The number of benzene rings is 1. The Balaban J connectivity index is 1.96. The zero-order valence-corrected chi connectivity index (χ0v) is 11.2. The summed E-state index contributed by atoms with van der Waals surface area (Å²) in [5.41, 5.74) is 0.542. The summed E-state index contributed by atoms with van der Waals surface area (Å²) in [4.78, 5) is 0. The van der Waals surface area contributed by atoms with Gasteiger partial charge in [-0.15, -0.1) is 0 Å². The largest absolute Gasteiger partial charge is 0.418 e. The molecule has 0 aromatic heterocycles. The fourth-order valence-corrected chi connectivity index (χ4v) is 3.39. The number of rotatable bonds is 1. The van der Waals surface area contributed by atoms with Crippen molar-refractivity contribution in [2.24, 2.45) is 5.92 Å². The van der Waals surface area contributed by atoms with Gasteiger partial charge in [0.05, 0.1) is 5.56 Å². The maximum absolute atomic E-state index is 13.1. The summed E-state index contributed by atoms with van der Waals surface area (Å²) in [7, 11) is 0. The molecule has 1 fully saturated rings. The molecular formula is C15H18F3NO. The Morgan fingerprint density at radius 3 is 2.75 bits per heavy atom. The molecule has 2 aliphatic rings. The third kappa shape index (κ3) is 2.51. The summed E-state index contributed by atoms with van der Waals surface area (Å²) < 4.78 is 44.7. The Morgan fingerprint density at radius 2 is 2.05 bits per heavy atom. The number of para-hydroxylation sites is 1. The monoisotopic (exact) mass is 285 g/mol. The molecule has 2 atom stereocenters. The second kappa shape index (κ2) is 5.28. The molecule has 1 saturated heterocycles. The first-order valence-electron chi connectivity index (χ1n) is 7.09. The van der Waals surface area contributed by atoms with Crippen molar-refractivity contribution in [1.82, 2.24) is 0 Å². The number of fused-ring (bicyclic) bond motifs is 1. The van der Waals surface area contributed by atoms with E-state index in [1.807, 2.05) is 6.07 Å². The van der Waals surface area contributed by atoms with E-state index in [9.17, 15) is 13.2 Å². The molecule has 1 N–H and O–H groups in total. The minimum Gasteiger partial charge on any atom is -0.384 e. The topological polar surface area (TPSA) is 21.3 Å². The van der Waals surface area contributed by atoms with Crippen molar-refractivity contribution in [3.8, 4) is 0 Å². The fourth-order valence-electron chi connectivity index (χ4n) is 3.39. The maximum Gasteiger partial charge on any atom is 0.418 e. The smallest absolute Gasteiger partial charge is 0.384 e. The van der Waals surface area contributed by atoms with Gasteiger partial charge in [-0.1, -0.05) is 12.1 Å². The molecule has 0 bridgehead atoms. The van der Waals surface area contributed by atoms with Crippen LogP contribution in [0.5, 0.6) is 0 Å². The standard InChI is InChI=1S/C15H18F3NO/c16-15(17,18)13-5-1-4-12-11(6-7-19-14(12)13)10-3-2-8-20-9-10/h1,4-5,10-11,19H,2-3,6-9H2. The van der Waals surface area contributed by atoms with Gasteiger partial charge in [-0.3, -0.25) is 0 Å². The number of hydrogen-bond donors (Lipinski definition) is 1. The molecule has 5 heteroatoms.